The molecule has 0 aromatic carbocycles. The van der Waals surface area contributed by atoms with Crippen LogP contribution in [0.15, 0.2) is 0 Å². The predicted molar refractivity (Wildman–Crippen MR) is 52.5 cm³/mol. The van der Waals surface area contributed by atoms with Crippen molar-refractivity contribution in [2.45, 2.75) is 20.3 Å². The smallest absolute Gasteiger partial charge is 0.0590 e. The van der Waals surface area contributed by atoms with Crippen molar-refractivity contribution in [2.24, 2.45) is 0 Å². The highest BCUT2D eigenvalue weighted by atomic mass is 16.5. The molecule has 3 nitrogen and oxygen atoms in total. The molecule has 1 fully saturated rings. The third kappa shape index (κ3) is 7.98. The molecular formula is C9H22N2O. The summed E-state index contributed by atoms with van der Waals surface area (Å²) in [4.78, 5) is 0. The quantitative estimate of drug-likeness (QED) is 0.564. The molecule has 1 heterocycles. The van der Waals surface area contributed by atoms with E-state index in [4.69, 9.17) is 4.74 Å². The second kappa shape index (κ2) is 10.9. The Bertz CT molecular complexity index is 45.7. The normalized spacial score (nSPS) is 20.5. The van der Waals surface area contributed by atoms with Crippen LogP contribution in [-0.4, -0.2) is 39.4 Å². The van der Waals surface area contributed by atoms with Gasteiger partial charge in [-0.1, -0.05) is 13.8 Å². The lowest BCUT2D eigenvalue weighted by Gasteiger charge is -2.10. The van der Waals surface area contributed by atoms with Gasteiger partial charge >= 0.3 is 0 Å². The maximum absolute atomic E-state index is 5.31. The SMILES string of the molecule is C1CNCCNCCOC1.CC. The van der Waals surface area contributed by atoms with Crippen molar-refractivity contribution in [3.05, 3.63) is 0 Å². The van der Waals surface area contributed by atoms with Gasteiger partial charge in [-0.15, -0.1) is 0 Å². The summed E-state index contributed by atoms with van der Waals surface area (Å²) in [6, 6.07) is 0. The van der Waals surface area contributed by atoms with Crippen LogP contribution >= 0.6 is 0 Å². The van der Waals surface area contributed by atoms with E-state index in [0.717, 1.165) is 45.8 Å². The predicted octanol–water partition coefficient (Wildman–Crippen LogP) is 0.612. The van der Waals surface area contributed by atoms with Crippen LogP contribution in [0.2, 0.25) is 0 Å². The average Bonchev–Trinajstić information content (AvgIpc) is 2.18. The van der Waals surface area contributed by atoms with Gasteiger partial charge in [0.2, 0.25) is 0 Å². The molecule has 0 spiro atoms. The summed E-state index contributed by atoms with van der Waals surface area (Å²) in [6.07, 6.45) is 1.14. The van der Waals surface area contributed by atoms with E-state index >= 15 is 0 Å². The molecule has 1 saturated heterocycles. The Morgan fingerprint density at radius 1 is 0.833 bits per heavy atom. The summed E-state index contributed by atoms with van der Waals surface area (Å²) in [5.74, 6) is 0. The molecule has 12 heavy (non-hydrogen) atoms. The van der Waals surface area contributed by atoms with Gasteiger partial charge in [-0.2, -0.15) is 0 Å². The summed E-state index contributed by atoms with van der Waals surface area (Å²) in [5, 5.41) is 6.58. The van der Waals surface area contributed by atoms with Crippen molar-refractivity contribution < 1.29 is 4.74 Å². The number of hydrogen-bond acceptors (Lipinski definition) is 3. The van der Waals surface area contributed by atoms with Crippen molar-refractivity contribution in [1.29, 1.82) is 0 Å². The molecule has 0 aromatic heterocycles. The Morgan fingerprint density at radius 2 is 1.50 bits per heavy atom. The van der Waals surface area contributed by atoms with E-state index in [1.807, 2.05) is 13.8 Å². The lowest BCUT2D eigenvalue weighted by molar-refractivity contribution is 0.131. The molecule has 0 bridgehead atoms. The zero-order valence-electron chi connectivity index (χ0n) is 8.36. The van der Waals surface area contributed by atoms with E-state index in [9.17, 15) is 0 Å². The zero-order valence-corrected chi connectivity index (χ0v) is 8.36. The van der Waals surface area contributed by atoms with Gasteiger partial charge in [-0.25, -0.2) is 0 Å². The standard InChI is InChI=1S/C7H16N2O.C2H6/c1-2-8-3-4-9-5-7-10-6-1;1-2/h8-9H,1-7H2;1-2H3. The van der Waals surface area contributed by atoms with Crippen LogP contribution in [0, 0.1) is 0 Å². The van der Waals surface area contributed by atoms with E-state index in [1.165, 1.54) is 0 Å². The number of ether oxygens (including phenoxy) is 1. The minimum absolute atomic E-state index is 0.861. The monoisotopic (exact) mass is 174 g/mol. The summed E-state index contributed by atoms with van der Waals surface area (Å²) in [6.45, 7) is 9.97. The lowest BCUT2D eigenvalue weighted by Crippen LogP contribution is -2.32. The lowest BCUT2D eigenvalue weighted by atomic mass is 10.4. The first-order valence-electron chi connectivity index (χ1n) is 4.99. The van der Waals surface area contributed by atoms with Crippen LogP contribution in [0.4, 0.5) is 0 Å². The molecule has 0 unspecified atom stereocenters. The highest BCUT2D eigenvalue weighted by Gasteiger charge is 1.93. The number of nitrogens with one attached hydrogen (secondary N) is 2. The zero-order chi connectivity index (χ0) is 9.07. The Balaban J connectivity index is 0.000000561. The molecule has 0 atom stereocenters. The van der Waals surface area contributed by atoms with Gasteiger partial charge < -0.3 is 15.4 Å². The van der Waals surface area contributed by atoms with Crippen LogP contribution < -0.4 is 10.6 Å². The Labute approximate surface area is 75.9 Å². The summed E-state index contributed by atoms with van der Waals surface area (Å²) in [7, 11) is 0. The first-order chi connectivity index (χ1) is 6.00. The molecule has 3 heteroatoms. The van der Waals surface area contributed by atoms with Gasteiger partial charge in [0.1, 0.15) is 0 Å². The molecule has 74 valence electrons. The van der Waals surface area contributed by atoms with E-state index in [2.05, 4.69) is 10.6 Å². The summed E-state index contributed by atoms with van der Waals surface area (Å²) < 4.78 is 5.31. The fourth-order valence-corrected chi connectivity index (χ4v) is 0.972. The molecule has 1 aliphatic rings. The largest absolute Gasteiger partial charge is 0.380 e. The summed E-state index contributed by atoms with van der Waals surface area (Å²) in [5.41, 5.74) is 0. The molecular weight excluding hydrogens is 152 g/mol. The van der Waals surface area contributed by atoms with E-state index < -0.39 is 0 Å². The molecule has 0 saturated carbocycles. The molecule has 1 aliphatic heterocycles. The molecule has 2 N–H and O–H groups in total. The Kier molecular flexibility index (Phi) is 10.8. The number of rotatable bonds is 0. The number of hydrogen-bond donors (Lipinski definition) is 2. The van der Waals surface area contributed by atoms with Crippen LogP contribution in [0.3, 0.4) is 0 Å². The summed E-state index contributed by atoms with van der Waals surface area (Å²) >= 11 is 0. The second-order valence-corrected chi connectivity index (χ2v) is 2.47. The third-order valence-corrected chi connectivity index (χ3v) is 1.54. The molecule has 0 radical (unpaired) electrons. The van der Waals surface area contributed by atoms with E-state index in [0.29, 0.717) is 0 Å². The van der Waals surface area contributed by atoms with Crippen LogP contribution in [0.5, 0.6) is 0 Å². The Morgan fingerprint density at radius 3 is 2.25 bits per heavy atom. The van der Waals surface area contributed by atoms with E-state index in [1.54, 1.807) is 0 Å². The maximum Gasteiger partial charge on any atom is 0.0590 e. The van der Waals surface area contributed by atoms with Crippen molar-refractivity contribution >= 4 is 0 Å². The fraction of sp³-hybridized carbons (Fsp3) is 1.00. The minimum atomic E-state index is 0.861. The maximum atomic E-state index is 5.31. The van der Waals surface area contributed by atoms with Crippen LogP contribution in [-0.2, 0) is 4.74 Å². The first kappa shape index (κ1) is 11.9. The second-order valence-electron chi connectivity index (χ2n) is 2.47. The van der Waals surface area contributed by atoms with Gasteiger partial charge in [-0.05, 0) is 13.0 Å². The van der Waals surface area contributed by atoms with Crippen LogP contribution in [0.25, 0.3) is 0 Å². The van der Waals surface area contributed by atoms with Crippen molar-refractivity contribution in [2.75, 3.05) is 39.4 Å². The van der Waals surface area contributed by atoms with Gasteiger partial charge in [0.25, 0.3) is 0 Å². The third-order valence-electron chi connectivity index (χ3n) is 1.54. The topological polar surface area (TPSA) is 33.3 Å². The van der Waals surface area contributed by atoms with Crippen molar-refractivity contribution in [3.8, 4) is 0 Å². The first-order valence-corrected chi connectivity index (χ1v) is 4.99. The van der Waals surface area contributed by atoms with E-state index in [-0.39, 0.29) is 0 Å². The fourth-order valence-electron chi connectivity index (χ4n) is 0.972. The van der Waals surface area contributed by atoms with Crippen LogP contribution in [0.1, 0.15) is 20.3 Å². The van der Waals surface area contributed by atoms with Gasteiger partial charge in [0, 0.05) is 26.2 Å². The Hall–Kier alpha value is -0.120. The highest BCUT2D eigenvalue weighted by Crippen LogP contribution is 1.81. The van der Waals surface area contributed by atoms with Gasteiger partial charge in [0.15, 0.2) is 0 Å². The van der Waals surface area contributed by atoms with Crippen molar-refractivity contribution in [3.63, 3.8) is 0 Å². The minimum Gasteiger partial charge on any atom is -0.380 e. The average molecular weight is 174 g/mol. The molecule has 1 rings (SSSR count). The highest BCUT2D eigenvalue weighted by molar-refractivity contribution is 4.54. The van der Waals surface area contributed by atoms with Gasteiger partial charge in [0.05, 0.1) is 6.61 Å². The van der Waals surface area contributed by atoms with Crippen molar-refractivity contribution in [1.82, 2.24) is 10.6 Å². The molecule has 0 amide bonds. The molecule has 0 aliphatic carbocycles. The van der Waals surface area contributed by atoms with Gasteiger partial charge in [-0.3, -0.25) is 0 Å². The molecule has 0 aromatic rings.